The minimum atomic E-state index is -0.815. The van der Waals surface area contributed by atoms with Crippen molar-refractivity contribution in [1.29, 1.82) is 0 Å². The van der Waals surface area contributed by atoms with Crippen LogP contribution in [0.2, 0.25) is 5.02 Å². The molecular formula is C14H19ClO3. The Labute approximate surface area is 113 Å². The molecule has 1 aromatic carbocycles. The Morgan fingerprint density at radius 3 is 2.56 bits per heavy atom. The van der Waals surface area contributed by atoms with Gasteiger partial charge in [-0.3, -0.25) is 4.79 Å². The molecule has 4 heteroatoms. The number of aryl methyl sites for hydroxylation is 1. The van der Waals surface area contributed by atoms with Crippen LogP contribution in [0.1, 0.15) is 38.3 Å². The van der Waals surface area contributed by atoms with E-state index in [0.29, 0.717) is 17.4 Å². The maximum absolute atomic E-state index is 10.9. The van der Waals surface area contributed by atoms with Gasteiger partial charge in [-0.05, 0) is 37.1 Å². The molecule has 3 nitrogen and oxygen atoms in total. The van der Waals surface area contributed by atoms with Crippen LogP contribution in [-0.2, 0) is 10.2 Å². The van der Waals surface area contributed by atoms with Gasteiger partial charge in [0.25, 0.3) is 0 Å². The molecule has 0 aliphatic rings. The van der Waals surface area contributed by atoms with Gasteiger partial charge in [-0.25, -0.2) is 0 Å². The maximum atomic E-state index is 10.9. The zero-order valence-corrected chi connectivity index (χ0v) is 12.0. The molecule has 1 rings (SSSR count). The molecule has 0 heterocycles. The van der Waals surface area contributed by atoms with Crippen LogP contribution >= 0.6 is 11.6 Å². The summed E-state index contributed by atoms with van der Waals surface area (Å²) in [6, 6.07) is 3.68. The second kappa shape index (κ2) is 5.61. The first-order valence-corrected chi connectivity index (χ1v) is 6.31. The third kappa shape index (κ3) is 3.39. The van der Waals surface area contributed by atoms with E-state index in [0.717, 1.165) is 11.1 Å². The lowest BCUT2D eigenvalue weighted by molar-refractivity contribution is -0.138. The van der Waals surface area contributed by atoms with Crippen molar-refractivity contribution in [3.63, 3.8) is 0 Å². The summed E-state index contributed by atoms with van der Waals surface area (Å²) >= 11 is 6.15. The zero-order chi connectivity index (χ0) is 13.9. The molecule has 0 fully saturated rings. The van der Waals surface area contributed by atoms with E-state index in [1.807, 2.05) is 39.8 Å². The first-order valence-electron chi connectivity index (χ1n) is 5.93. The van der Waals surface area contributed by atoms with Crippen LogP contribution in [0.5, 0.6) is 5.75 Å². The third-order valence-electron chi connectivity index (χ3n) is 2.90. The van der Waals surface area contributed by atoms with Crippen LogP contribution in [0.3, 0.4) is 0 Å². The predicted octanol–water partition coefficient (Wildman–Crippen LogP) is 3.80. The van der Waals surface area contributed by atoms with Gasteiger partial charge in [-0.2, -0.15) is 0 Å². The largest absolute Gasteiger partial charge is 0.492 e. The van der Waals surface area contributed by atoms with Crippen LogP contribution in [0, 0.1) is 6.92 Å². The predicted molar refractivity (Wildman–Crippen MR) is 72.6 cm³/mol. The van der Waals surface area contributed by atoms with Crippen LogP contribution < -0.4 is 4.74 Å². The topological polar surface area (TPSA) is 46.5 Å². The molecule has 0 aliphatic carbocycles. The van der Waals surface area contributed by atoms with Crippen LogP contribution in [0.15, 0.2) is 12.1 Å². The summed E-state index contributed by atoms with van der Waals surface area (Å²) in [5, 5.41) is 9.48. The second-order valence-electron chi connectivity index (χ2n) is 4.98. The number of rotatable bonds is 5. The van der Waals surface area contributed by atoms with Crippen LogP contribution in [0.25, 0.3) is 0 Å². The quantitative estimate of drug-likeness (QED) is 0.885. The van der Waals surface area contributed by atoms with Gasteiger partial charge in [-0.15, -0.1) is 0 Å². The summed E-state index contributed by atoms with van der Waals surface area (Å²) in [5.41, 5.74) is 1.48. The number of benzene rings is 1. The molecule has 0 unspecified atom stereocenters. The summed E-state index contributed by atoms with van der Waals surface area (Å²) in [6.07, 6.45) is 0.0676. The molecular weight excluding hydrogens is 252 g/mol. The fourth-order valence-electron chi connectivity index (χ4n) is 2.12. The Bertz CT molecular complexity index is 453. The van der Waals surface area contributed by atoms with Crippen molar-refractivity contribution >= 4 is 17.6 Å². The normalized spacial score (nSPS) is 11.4. The van der Waals surface area contributed by atoms with Gasteiger partial charge in [0.15, 0.2) is 0 Å². The highest BCUT2D eigenvalue weighted by Crippen LogP contribution is 2.36. The van der Waals surface area contributed by atoms with Crippen molar-refractivity contribution < 1.29 is 14.6 Å². The van der Waals surface area contributed by atoms with E-state index >= 15 is 0 Å². The molecule has 0 bridgehead atoms. The summed E-state index contributed by atoms with van der Waals surface area (Å²) in [4.78, 5) is 10.9. The second-order valence-corrected chi connectivity index (χ2v) is 5.39. The molecule has 0 amide bonds. The highest BCUT2D eigenvalue weighted by atomic mass is 35.5. The van der Waals surface area contributed by atoms with Gasteiger partial charge < -0.3 is 9.84 Å². The third-order valence-corrected chi connectivity index (χ3v) is 3.20. The van der Waals surface area contributed by atoms with E-state index in [1.165, 1.54) is 0 Å². The van der Waals surface area contributed by atoms with Gasteiger partial charge in [-0.1, -0.05) is 25.4 Å². The monoisotopic (exact) mass is 270 g/mol. The molecule has 1 N–H and O–H groups in total. The Hall–Kier alpha value is -1.22. The zero-order valence-electron chi connectivity index (χ0n) is 11.2. The number of halogens is 1. The van der Waals surface area contributed by atoms with E-state index in [4.69, 9.17) is 21.4 Å². The van der Waals surface area contributed by atoms with Crippen molar-refractivity contribution in [3.05, 3.63) is 28.3 Å². The smallest absolute Gasteiger partial charge is 0.304 e. The Morgan fingerprint density at radius 2 is 2.06 bits per heavy atom. The van der Waals surface area contributed by atoms with Crippen molar-refractivity contribution in [3.8, 4) is 5.75 Å². The minimum absolute atomic E-state index is 0.0676. The van der Waals surface area contributed by atoms with E-state index in [1.54, 1.807) is 0 Å². The summed E-state index contributed by atoms with van der Waals surface area (Å²) in [6.45, 7) is 8.20. The van der Waals surface area contributed by atoms with Gasteiger partial charge in [0.2, 0.25) is 0 Å². The first kappa shape index (κ1) is 14.8. The highest BCUT2D eigenvalue weighted by molar-refractivity contribution is 6.32. The number of aliphatic carboxylic acids is 1. The maximum Gasteiger partial charge on any atom is 0.304 e. The van der Waals surface area contributed by atoms with E-state index in [9.17, 15) is 4.79 Å². The summed E-state index contributed by atoms with van der Waals surface area (Å²) in [5.74, 6) is -0.170. The summed E-state index contributed by atoms with van der Waals surface area (Å²) < 4.78 is 5.42. The minimum Gasteiger partial charge on any atom is -0.492 e. The van der Waals surface area contributed by atoms with E-state index in [2.05, 4.69) is 0 Å². The van der Waals surface area contributed by atoms with Crippen molar-refractivity contribution in [2.75, 3.05) is 6.61 Å². The Morgan fingerprint density at radius 1 is 1.44 bits per heavy atom. The molecule has 1 aromatic rings. The van der Waals surface area contributed by atoms with Crippen LogP contribution in [0.4, 0.5) is 0 Å². The average Bonchev–Trinajstić information content (AvgIpc) is 2.21. The molecule has 0 aliphatic heterocycles. The first-order chi connectivity index (χ1) is 8.27. The molecule has 100 valence electrons. The number of hydrogen-bond acceptors (Lipinski definition) is 2. The van der Waals surface area contributed by atoms with E-state index < -0.39 is 11.4 Å². The van der Waals surface area contributed by atoms with Crippen LogP contribution in [-0.4, -0.2) is 17.7 Å². The lowest BCUT2D eigenvalue weighted by atomic mass is 9.79. The average molecular weight is 271 g/mol. The molecule has 18 heavy (non-hydrogen) atoms. The molecule has 0 aromatic heterocycles. The Balaban J connectivity index is 3.18. The fraction of sp³-hybridized carbons (Fsp3) is 0.500. The molecule has 0 saturated carbocycles. The molecule has 0 spiro atoms. The van der Waals surface area contributed by atoms with Gasteiger partial charge >= 0.3 is 5.97 Å². The Kier molecular flexibility index (Phi) is 4.63. The molecule has 0 atom stereocenters. The number of carboxylic acid groups (broad SMARTS) is 1. The highest BCUT2D eigenvalue weighted by Gasteiger charge is 2.26. The van der Waals surface area contributed by atoms with E-state index in [-0.39, 0.29) is 6.42 Å². The summed E-state index contributed by atoms with van der Waals surface area (Å²) in [7, 11) is 0. The lowest BCUT2D eigenvalue weighted by Gasteiger charge is -2.26. The van der Waals surface area contributed by atoms with Gasteiger partial charge in [0.1, 0.15) is 5.75 Å². The van der Waals surface area contributed by atoms with Crippen molar-refractivity contribution in [1.82, 2.24) is 0 Å². The SMILES string of the molecule is CCOc1cc(C)c(C(C)(C)CC(=O)O)cc1Cl. The van der Waals surface area contributed by atoms with Gasteiger partial charge in [0.05, 0.1) is 18.1 Å². The number of carbonyl (C=O) groups is 1. The fourth-order valence-corrected chi connectivity index (χ4v) is 2.34. The van der Waals surface area contributed by atoms with Gasteiger partial charge in [0, 0.05) is 5.41 Å². The molecule has 0 saturated heterocycles. The van der Waals surface area contributed by atoms with Crippen molar-refractivity contribution in [2.24, 2.45) is 0 Å². The standard InChI is InChI=1S/C14H19ClO3/c1-5-18-12-6-9(2)10(7-11(12)15)14(3,4)8-13(16)17/h6-7H,5,8H2,1-4H3,(H,16,17). The number of carboxylic acids is 1. The lowest BCUT2D eigenvalue weighted by Crippen LogP contribution is -2.22. The number of ether oxygens (including phenoxy) is 1. The molecule has 0 radical (unpaired) electrons. The number of hydrogen-bond donors (Lipinski definition) is 1. The van der Waals surface area contributed by atoms with Crippen molar-refractivity contribution in [2.45, 2.75) is 39.5 Å².